The number of benzene rings is 3. The number of ether oxygens (including phenoxy) is 5. The van der Waals surface area contributed by atoms with Gasteiger partial charge in [0.05, 0.1) is 27.1 Å². The first-order chi connectivity index (χ1) is 21.8. The number of aryl methyl sites for hydroxylation is 2. The molecular formula is C33H34N4O7S. The number of thioether (sulfide) groups is 1. The molecule has 2 amide bonds. The number of anilines is 1. The van der Waals surface area contributed by atoms with Crippen LogP contribution < -0.4 is 29.0 Å². The molecule has 1 aliphatic heterocycles. The van der Waals surface area contributed by atoms with Crippen molar-refractivity contribution in [2.45, 2.75) is 31.6 Å². The fourth-order valence-corrected chi connectivity index (χ4v) is 5.73. The van der Waals surface area contributed by atoms with E-state index in [0.29, 0.717) is 45.2 Å². The van der Waals surface area contributed by atoms with Gasteiger partial charge < -0.3 is 33.9 Å². The zero-order chi connectivity index (χ0) is 31.9. The molecule has 0 fully saturated rings. The van der Waals surface area contributed by atoms with Gasteiger partial charge in [-0.3, -0.25) is 9.59 Å². The van der Waals surface area contributed by atoms with Crippen LogP contribution in [0, 0.1) is 13.8 Å². The zero-order valence-electron chi connectivity index (χ0n) is 25.7. The predicted octanol–water partition coefficient (Wildman–Crippen LogP) is 5.35. The van der Waals surface area contributed by atoms with Crippen molar-refractivity contribution in [3.8, 4) is 28.7 Å². The number of rotatable bonds is 12. The van der Waals surface area contributed by atoms with Crippen LogP contribution in [0.4, 0.5) is 5.69 Å². The van der Waals surface area contributed by atoms with Crippen LogP contribution in [0.25, 0.3) is 0 Å². The Balaban J connectivity index is 1.54. The van der Waals surface area contributed by atoms with Gasteiger partial charge in [0.1, 0.15) is 11.8 Å². The quantitative estimate of drug-likeness (QED) is 0.162. The fraction of sp³-hybridized carbons (Fsp3) is 0.273. The molecule has 0 bridgehead atoms. The molecule has 5 rings (SSSR count). The van der Waals surface area contributed by atoms with Crippen LogP contribution in [-0.2, 0) is 16.1 Å². The zero-order valence-corrected chi connectivity index (χ0v) is 26.5. The summed E-state index contributed by atoms with van der Waals surface area (Å²) in [5, 5.41) is 3.46. The third-order valence-electron chi connectivity index (χ3n) is 7.04. The van der Waals surface area contributed by atoms with Crippen molar-refractivity contribution in [1.29, 1.82) is 0 Å². The number of aromatic nitrogens is 2. The molecule has 0 spiro atoms. The first kappa shape index (κ1) is 31.5. The lowest BCUT2D eigenvalue weighted by Gasteiger charge is -2.32. The Morgan fingerprint density at radius 1 is 0.867 bits per heavy atom. The summed E-state index contributed by atoms with van der Waals surface area (Å²) >= 11 is 1.22. The van der Waals surface area contributed by atoms with Gasteiger partial charge in [-0.1, -0.05) is 30.0 Å². The summed E-state index contributed by atoms with van der Waals surface area (Å²) < 4.78 is 27.2. The minimum Gasteiger partial charge on any atom is -0.497 e. The molecule has 0 radical (unpaired) electrons. The summed E-state index contributed by atoms with van der Waals surface area (Å²) in [6.45, 7) is 3.99. The van der Waals surface area contributed by atoms with E-state index < -0.39 is 11.9 Å². The SMILES string of the molecule is COc1ccc(CN(C(=O)CSc2nc(C)cc(C)n2)[C@H](C(=O)Nc2ccc3c(c2)OCO3)c2ccc(OC)c(OC)c2)cc1. The third kappa shape index (κ3) is 7.58. The van der Waals surface area contributed by atoms with Crippen molar-refractivity contribution in [3.63, 3.8) is 0 Å². The van der Waals surface area contributed by atoms with Crippen LogP contribution >= 0.6 is 11.8 Å². The molecule has 0 saturated heterocycles. The lowest BCUT2D eigenvalue weighted by molar-refractivity contribution is -0.137. The highest BCUT2D eigenvalue weighted by atomic mass is 32.2. The van der Waals surface area contributed by atoms with Crippen LogP contribution in [0.5, 0.6) is 28.7 Å². The molecule has 3 aromatic carbocycles. The molecule has 45 heavy (non-hydrogen) atoms. The summed E-state index contributed by atoms with van der Waals surface area (Å²) in [7, 11) is 4.64. The maximum atomic E-state index is 14.3. The van der Waals surface area contributed by atoms with Crippen molar-refractivity contribution in [2.75, 3.05) is 39.2 Å². The van der Waals surface area contributed by atoms with E-state index in [2.05, 4.69) is 15.3 Å². The third-order valence-corrected chi connectivity index (χ3v) is 7.87. The van der Waals surface area contributed by atoms with Gasteiger partial charge in [0.15, 0.2) is 28.2 Å². The molecule has 1 N–H and O–H groups in total. The number of carbonyl (C=O) groups excluding carboxylic acids is 2. The van der Waals surface area contributed by atoms with E-state index in [1.165, 1.54) is 26.0 Å². The highest BCUT2D eigenvalue weighted by Gasteiger charge is 2.33. The topological polar surface area (TPSA) is 121 Å². The van der Waals surface area contributed by atoms with E-state index in [0.717, 1.165) is 17.0 Å². The molecular weight excluding hydrogens is 596 g/mol. The van der Waals surface area contributed by atoms with Gasteiger partial charge in [0, 0.05) is 29.7 Å². The van der Waals surface area contributed by atoms with Crippen molar-refractivity contribution < 1.29 is 33.3 Å². The van der Waals surface area contributed by atoms with E-state index in [1.807, 2.05) is 44.2 Å². The Labute approximate surface area is 265 Å². The van der Waals surface area contributed by atoms with Crippen LogP contribution in [0.3, 0.4) is 0 Å². The van der Waals surface area contributed by atoms with Crippen LogP contribution in [0.2, 0.25) is 0 Å². The smallest absolute Gasteiger partial charge is 0.251 e. The molecule has 1 atom stereocenters. The molecule has 4 aromatic rings. The maximum Gasteiger partial charge on any atom is 0.251 e. The lowest BCUT2D eigenvalue weighted by atomic mass is 10.0. The second-order valence-electron chi connectivity index (χ2n) is 10.2. The monoisotopic (exact) mass is 630 g/mol. The largest absolute Gasteiger partial charge is 0.497 e. The van der Waals surface area contributed by atoms with Gasteiger partial charge in [-0.2, -0.15) is 0 Å². The number of hydrogen-bond donors (Lipinski definition) is 1. The molecule has 1 aromatic heterocycles. The van der Waals surface area contributed by atoms with Crippen LogP contribution in [0.15, 0.2) is 71.9 Å². The average molecular weight is 631 g/mol. The number of carbonyl (C=O) groups is 2. The number of hydrogen-bond acceptors (Lipinski definition) is 10. The minimum atomic E-state index is -1.06. The number of methoxy groups -OCH3 is 3. The van der Waals surface area contributed by atoms with Gasteiger partial charge in [0.25, 0.3) is 5.91 Å². The minimum absolute atomic E-state index is 0.000140. The van der Waals surface area contributed by atoms with E-state index >= 15 is 0 Å². The second-order valence-corrected chi connectivity index (χ2v) is 11.1. The lowest BCUT2D eigenvalue weighted by Crippen LogP contribution is -2.41. The first-order valence-corrected chi connectivity index (χ1v) is 15.1. The number of fused-ring (bicyclic) bond motifs is 1. The Kier molecular flexibility index (Phi) is 9.93. The highest BCUT2D eigenvalue weighted by Crippen LogP contribution is 2.37. The van der Waals surface area contributed by atoms with Crippen molar-refractivity contribution in [3.05, 3.63) is 89.2 Å². The molecule has 0 saturated carbocycles. The average Bonchev–Trinajstić information content (AvgIpc) is 3.51. The highest BCUT2D eigenvalue weighted by molar-refractivity contribution is 7.99. The first-order valence-electron chi connectivity index (χ1n) is 14.1. The van der Waals surface area contributed by atoms with Gasteiger partial charge >= 0.3 is 0 Å². The fourth-order valence-electron chi connectivity index (χ4n) is 4.90. The molecule has 12 heteroatoms. The Morgan fingerprint density at radius 2 is 1.58 bits per heavy atom. The summed E-state index contributed by atoms with van der Waals surface area (Å²) in [6.07, 6.45) is 0. The number of nitrogens with one attached hydrogen (secondary N) is 1. The summed E-state index contributed by atoms with van der Waals surface area (Å²) in [4.78, 5) is 38.9. The summed E-state index contributed by atoms with van der Waals surface area (Å²) in [5.74, 6) is 1.97. The van der Waals surface area contributed by atoms with Gasteiger partial charge in [0.2, 0.25) is 12.7 Å². The van der Waals surface area contributed by atoms with E-state index in [9.17, 15) is 9.59 Å². The molecule has 2 heterocycles. The molecule has 1 aliphatic rings. The second kappa shape index (κ2) is 14.2. The van der Waals surface area contributed by atoms with Gasteiger partial charge in [-0.25, -0.2) is 9.97 Å². The molecule has 0 aliphatic carbocycles. The van der Waals surface area contributed by atoms with Crippen molar-refractivity contribution >= 4 is 29.3 Å². The Morgan fingerprint density at radius 3 is 2.27 bits per heavy atom. The van der Waals surface area contributed by atoms with Crippen LogP contribution in [0.1, 0.15) is 28.6 Å². The maximum absolute atomic E-state index is 14.3. The number of amides is 2. The van der Waals surface area contributed by atoms with Crippen molar-refractivity contribution in [2.24, 2.45) is 0 Å². The Bertz CT molecular complexity index is 1660. The number of nitrogens with zero attached hydrogens (tertiary/aromatic N) is 3. The normalized spacial score (nSPS) is 12.3. The Hall–Kier alpha value is -4.97. The van der Waals surface area contributed by atoms with Gasteiger partial charge in [-0.15, -0.1) is 0 Å². The molecule has 11 nitrogen and oxygen atoms in total. The van der Waals surface area contributed by atoms with Crippen LogP contribution in [-0.4, -0.2) is 60.6 Å². The molecule has 0 unspecified atom stereocenters. The van der Waals surface area contributed by atoms with Crippen molar-refractivity contribution in [1.82, 2.24) is 14.9 Å². The van der Waals surface area contributed by atoms with E-state index in [-0.39, 0.29) is 25.0 Å². The predicted molar refractivity (Wildman–Crippen MR) is 169 cm³/mol. The van der Waals surface area contributed by atoms with Gasteiger partial charge in [-0.05, 0) is 67.4 Å². The molecule has 234 valence electrons. The van der Waals surface area contributed by atoms with E-state index in [1.54, 1.807) is 48.4 Å². The van der Waals surface area contributed by atoms with E-state index in [4.69, 9.17) is 23.7 Å². The summed E-state index contributed by atoms with van der Waals surface area (Å²) in [5.41, 5.74) is 3.43. The summed E-state index contributed by atoms with van der Waals surface area (Å²) in [6, 6.07) is 18.5. The standard InChI is InChI=1S/C33H34N4O7S/c1-20-14-21(2)35-33(34-20)45-18-30(38)37(17-22-6-10-25(40-3)11-7-22)31(23-8-12-26(41-4)28(15-23)42-5)32(39)36-24-9-13-27-29(16-24)44-19-43-27/h6-16,31H,17-19H2,1-5H3,(H,36,39)/t31-/m0/s1.